The van der Waals surface area contributed by atoms with E-state index in [2.05, 4.69) is 17.9 Å². The second kappa shape index (κ2) is 6.05. The Labute approximate surface area is 107 Å². The molecule has 2 atom stereocenters. The highest BCUT2D eigenvalue weighted by Gasteiger charge is 2.26. The maximum atomic E-state index is 11.6. The summed E-state index contributed by atoms with van der Waals surface area (Å²) in [5.41, 5.74) is -0.627. The Kier molecular flexibility index (Phi) is 5.68. The molecule has 1 N–H and O–H groups in total. The number of carbonyl (C=O) groups is 3. The van der Waals surface area contributed by atoms with Crippen LogP contribution >= 0.6 is 12.6 Å². The summed E-state index contributed by atoms with van der Waals surface area (Å²) < 4.78 is 4.99. The molecule has 0 aliphatic rings. The van der Waals surface area contributed by atoms with Crippen LogP contribution < -0.4 is 5.32 Å². The van der Waals surface area contributed by atoms with Gasteiger partial charge in [0, 0.05) is 0 Å². The molecule has 0 heterocycles. The van der Waals surface area contributed by atoms with Crippen molar-refractivity contribution in [3.63, 3.8) is 0 Å². The second-order valence-corrected chi connectivity index (χ2v) is 5.27. The third-order valence-corrected chi connectivity index (χ3v) is 2.34. The molecule has 0 aliphatic heterocycles. The van der Waals surface area contributed by atoms with E-state index in [1.807, 2.05) is 0 Å². The average Bonchev–Trinajstić information content (AvgIpc) is 2.11. The lowest BCUT2D eigenvalue weighted by Crippen LogP contribution is -2.44. The van der Waals surface area contributed by atoms with Crippen molar-refractivity contribution in [3.05, 3.63) is 0 Å². The van der Waals surface area contributed by atoms with Crippen molar-refractivity contribution < 1.29 is 19.1 Å². The minimum atomic E-state index is -0.844. The van der Waals surface area contributed by atoms with Gasteiger partial charge in [-0.25, -0.2) is 4.79 Å². The molecule has 0 rings (SSSR count). The van der Waals surface area contributed by atoms with Gasteiger partial charge in [0.05, 0.1) is 12.0 Å². The van der Waals surface area contributed by atoms with E-state index in [1.54, 1.807) is 20.8 Å². The van der Waals surface area contributed by atoms with E-state index in [-0.39, 0.29) is 0 Å². The van der Waals surface area contributed by atoms with E-state index in [0.29, 0.717) is 0 Å². The third-order valence-electron chi connectivity index (χ3n) is 1.96. The number of nitrogens with one attached hydrogen (secondary N) is 1. The first-order valence-electron chi connectivity index (χ1n) is 5.30. The molecule has 5 nitrogen and oxygen atoms in total. The van der Waals surface area contributed by atoms with Crippen molar-refractivity contribution in [3.8, 4) is 0 Å². The van der Waals surface area contributed by atoms with E-state index >= 15 is 0 Å². The molecule has 0 saturated carbocycles. The number of carbonyl (C=O) groups excluding carboxylic acids is 3. The number of hydrogen-bond donors (Lipinski definition) is 2. The summed E-state index contributed by atoms with van der Waals surface area (Å²) >= 11 is 3.58. The quantitative estimate of drug-likeness (QED) is 0.595. The van der Waals surface area contributed by atoms with Crippen molar-refractivity contribution in [2.24, 2.45) is 5.92 Å². The zero-order valence-corrected chi connectivity index (χ0v) is 11.6. The second-order valence-electron chi connectivity index (χ2n) is 4.83. The molecular formula is C11H19NO4S. The number of amides is 1. The Balaban J connectivity index is 4.36. The highest BCUT2D eigenvalue weighted by Crippen LogP contribution is 2.08. The van der Waals surface area contributed by atoms with Gasteiger partial charge in [-0.15, -0.1) is 12.6 Å². The Hall–Kier alpha value is -1.04. The molecule has 0 fully saturated rings. The van der Waals surface area contributed by atoms with Crippen LogP contribution in [0.15, 0.2) is 0 Å². The molecule has 0 radical (unpaired) electrons. The molecule has 1 amide bonds. The number of hydrogen-bond acceptors (Lipinski definition) is 4. The normalized spacial score (nSPS) is 14.7. The van der Waals surface area contributed by atoms with Gasteiger partial charge in [0.15, 0.2) is 10.9 Å². The first-order chi connectivity index (χ1) is 7.54. The van der Waals surface area contributed by atoms with Gasteiger partial charge in [-0.1, -0.05) is 0 Å². The van der Waals surface area contributed by atoms with Crippen LogP contribution in [0.1, 0.15) is 34.6 Å². The van der Waals surface area contributed by atoms with Gasteiger partial charge in [0.25, 0.3) is 0 Å². The molecule has 98 valence electrons. The van der Waals surface area contributed by atoms with Gasteiger partial charge in [-0.05, 0) is 34.6 Å². The first kappa shape index (κ1) is 16.0. The first-order valence-corrected chi connectivity index (χ1v) is 5.75. The predicted octanol–water partition coefficient (Wildman–Crippen LogP) is 1.56. The number of Topliss-reactive ketones (excluding diaryl/α,β-unsaturated/α-hetero) is 1. The van der Waals surface area contributed by atoms with Gasteiger partial charge in [-0.3, -0.25) is 9.59 Å². The van der Waals surface area contributed by atoms with E-state index in [1.165, 1.54) is 13.8 Å². The zero-order chi connectivity index (χ0) is 13.8. The molecule has 0 aromatic heterocycles. The molecule has 0 bridgehead atoms. The van der Waals surface area contributed by atoms with Crippen LogP contribution in [-0.2, 0) is 14.3 Å². The van der Waals surface area contributed by atoms with Gasteiger partial charge in [0.2, 0.25) is 0 Å². The molecule has 6 heteroatoms. The van der Waals surface area contributed by atoms with E-state index in [0.717, 1.165) is 0 Å². The minimum absolute atomic E-state index is 0.393. The monoisotopic (exact) mass is 261 g/mol. The number of thiol groups is 1. The molecule has 0 aromatic rings. The Bertz CT molecular complexity index is 322. The van der Waals surface area contributed by atoms with Crippen molar-refractivity contribution in [2.75, 3.05) is 0 Å². The summed E-state index contributed by atoms with van der Waals surface area (Å²) in [6.07, 6.45) is -0.683. The molecule has 0 aromatic carbocycles. The van der Waals surface area contributed by atoms with Gasteiger partial charge in [0.1, 0.15) is 5.60 Å². The molecule has 0 saturated heterocycles. The Morgan fingerprint density at radius 1 is 1.18 bits per heavy atom. The fourth-order valence-corrected chi connectivity index (χ4v) is 1.18. The number of rotatable bonds is 4. The summed E-state index contributed by atoms with van der Waals surface area (Å²) in [6.45, 7) is 8.11. The smallest absolute Gasteiger partial charge is 0.408 e. The standard InChI is InChI=1S/C11H19NO4S/c1-6(9(14)17)8(13)7(2)12-10(15)16-11(3,4)5/h6-7H,1-5H3,(H,12,15)(H,14,17)/t6?,7-/m0/s1. The van der Waals surface area contributed by atoms with Crippen molar-refractivity contribution >= 4 is 29.6 Å². The fraction of sp³-hybridized carbons (Fsp3) is 0.727. The lowest BCUT2D eigenvalue weighted by atomic mass is 10.0. The largest absolute Gasteiger partial charge is 0.444 e. The lowest BCUT2D eigenvalue weighted by Gasteiger charge is -2.22. The maximum Gasteiger partial charge on any atom is 0.408 e. The average molecular weight is 261 g/mol. The van der Waals surface area contributed by atoms with Crippen molar-refractivity contribution in [1.82, 2.24) is 5.32 Å². The van der Waals surface area contributed by atoms with Crippen molar-refractivity contribution in [2.45, 2.75) is 46.3 Å². The summed E-state index contributed by atoms with van der Waals surface area (Å²) in [5.74, 6) is -1.24. The Morgan fingerprint density at radius 2 is 1.65 bits per heavy atom. The third kappa shape index (κ3) is 6.31. The molecule has 1 unspecified atom stereocenters. The van der Waals surface area contributed by atoms with E-state index in [4.69, 9.17) is 4.74 Å². The van der Waals surface area contributed by atoms with E-state index < -0.39 is 34.6 Å². The van der Waals surface area contributed by atoms with Crippen LogP contribution in [-0.4, -0.2) is 28.6 Å². The SMILES string of the molecule is CC(C(=O)S)C(=O)[C@H](C)NC(=O)OC(C)(C)C. The van der Waals surface area contributed by atoms with Crippen LogP contribution in [0.2, 0.25) is 0 Å². The summed E-state index contributed by atoms with van der Waals surface area (Å²) in [4.78, 5) is 33.9. The van der Waals surface area contributed by atoms with Gasteiger partial charge >= 0.3 is 6.09 Å². The van der Waals surface area contributed by atoms with Crippen LogP contribution in [0.5, 0.6) is 0 Å². The molecule has 17 heavy (non-hydrogen) atoms. The summed E-state index contributed by atoms with van der Waals surface area (Å²) in [7, 11) is 0. The zero-order valence-electron chi connectivity index (χ0n) is 10.7. The maximum absolute atomic E-state index is 11.6. The molecule has 0 spiro atoms. The van der Waals surface area contributed by atoms with Gasteiger partial charge in [-0.2, -0.15) is 0 Å². The minimum Gasteiger partial charge on any atom is -0.444 e. The van der Waals surface area contributed by atoms with Crippen LogP contribution in [0.4, 0.5) is 4.79 Å². The molecular weight excluding hydrogens is 242 g/mol. The van der Waals surface area contributed by atoms with E-state index in [9.17, 15) is 14.4 Å². The highest BCUT2D eigenvalue weighted by atomic mass is 32.1. The topological polar surface area (TPSA) is 72.5 Å². The van der Waals surface area contributed by atoms with Crippen LogP contribution in [0.3, 0.4) is 0 Å². The van der Waals surface area contributed by atoms with Crippen LogP contribution in [0.25, 0.3) is 0 Å². The highest BCUT2D eigenvalue weighted by molar-refractivity contribution is 7.96. The lowest BCUT2D eigenvalue weighted by molar-refractivity contribution is -0.129. The fourth-order valence-electron chi connectivity index (χ4n) is 1.05. The summed E-state index contributed by atoms with van der Waals surface area (Å²) in [6, 6.07) is -0.782. The number of ketones is 1. The Morgan fingerprint density at radius 3 is 2.00 bits per heavy atom. The van der Waals surface area contributed by atoms with Crippen LogP contribution in [0, 0.1) is 5.92 Å². The predicted molar refractivity (Wildman–Crippen MR) is 67.0 cm³/mol. The summed E-state index contributed by atoms with van der Waals surface area (Å²) in [5, 5.41) is 1.85. The number of alkyl carbamates (subject to hydrolysis) is 1. The van der Waals surface area contributed by atoms with Crippen molar-refractivity contribution in [1.29, 1.82) is 0 Å². The molecule has 0 aliphatic carbocycles. The number of ether oxygens (including phenoxy) is 1. The van der Waals surface area contributed by atoms with Gasteiger partial charge < -0.3 is 10.1 Å².